The number of piperazine rings is 1. The first-order valence-corrected chi connectivity index (χ1v) is 7.94. The van der Waals surface area contributed by atoms with Gasteiger partial charge in [-0.15, -0.1) is 0 Å². The highest BCUT2D eigenvalue weighted by atomic mass is 16.5. The van der Waals surface area contributed by atoms with Crippen molar-refractivity contribution in [1.82, 2.24) is 15.1 Å². The van der Waals surface area contributed by atoms with Gasteiger partial charge in [-0.25, -0.2) is 0 Å². The summed E-state index contributed by atoms with van der Waals surface area (Å²) in [7, 11) is 3.92. The molecule has 0 bridgehead atoms. The standard InChI is InChI=1S/C17H29N3O/c1-15-13-16(5-6-17(15)21-3)14-18-7-4-8-20-11-9-19(2)10-12-20/h5-6,13,18H,4,7-12,14H2,1-3H3. The van der Waals surface area contributed by atoms with Crippen LogP contribution in [0.5, 0.6) is 5.75 Å². The quantitative estimate of drug-likeness (QED) is 0.774. The van der Waals surface area contributed by atoms with Gasteiger partial charge in [0.15, 0.2) is 0 Å². The van der Waals surface area contributed by atoms with Crippen molar-refractivity contribution in [2.45, 2.75) is 19.9 Å². The second-order valence-corrected chi connectivity index (χ2v) is 5.98. The summed E-state index contributed by atoms with van der Waals surface area (Å²) in [5, 5.41) is 3.54. The van der Waals surface area contributed by atoms with Crippen LogP contribution in [0.3, 0.4) is 0 Å². The Kier molecular flexibility index (Phi) is 6.49. The average Bonchev–Trinajstić information content (AvgIpc) is 2.49. The summed E-state index contributed by atoms with van der Waals surface area (Å²) < 4.78 is 5.29. The Balaban J connectivity index is 1.60. The van der Waals surface area contributed by atoms with Crippen LogP contribution in [0.15, 0.2) is 18.2 Å². The van der Waals surface area contributed by atoms with E-state index in [1.165, 1.54) is 50.3 Å². The van der Waals surface area contributed by atoms with E-state index in [1.807, 2.05) is 0 Å². The molecule has 1 aromatic carbocycles. The predicted octanol–water partition coefficient (Wildman–Crippen LogP) is 1.73. The van der Waals surface area contributed by atoms with Crippen molar-refractivity contribution in [3.63, 3.8) is 0 Å². The van der Waals surface area contributed by atoms with Crippen LogP contribution in [0, 0.1) is 6.92 Å². The molecule has 1 aliphatic rings. The van der Waals surface area contributed by atoms with Gasteiger partial charge >= 0.3 is 0 Å². The van der Waals surface area contributed by atoms with E-state index in [0.717, 1.165) is 18.8 Å². The lowest BCUT2D eigenvalue weighted by molar-refractivity contribution is 0.153. The Hall–Kier alpha value is -1.10. The number of rotatable bonds is 7. The third-order valence-corrected chi connectivity index (χ3v) is 4.21. The molecule has 1 aliphatic heterocycles. The van der Waals surface area contributed by atoms with Crippen molar-refractivity contribution in [2.24, 2.45) is 0 Å². The van der Waals surface area contributed by atoms with E-state index in [4.69, 9.17) is 4.74 Å². The number of nitrogens with zero attached hydrogens (tertiary/aromatic N) is 2. The molecule has 118 valence electrons. The molecule has 0 spiro atoms. The van der Waals surface area contributed by atoms with Crippen molar-refractivity contribution in [3.05, 3.63) is 29.3 Å². The van der Waals surface area contributed by atoms with Crippen molar-refractivity contribution in [1.29, 1.82) is 0 Å². The van der Waals surface area contributed by atoms with Crippen LogP contribution in [0.4, 0.5) is 0 Å². The van der Waals surface area contributed by atoms with Crippen LogP contribution in [0.1, 0.15) is 17.5 Å². The van der Waals surface area contributed by atoms with Gasteiger partial charge in [0.2, 0.25) is 0 Å². The number of likely N-dealkylation sites (N-methyl/N-ethyl adjacent to an activating group) is 1. The highest BCUT2D eigenvalue weighted by Crippen LogP contribution is 2.18. The summed E-state index contributed by atoms with van der Waals surface area (Å²) >= 11 is 0. The van der Waals surface area contributed by atoms with Crippen LogP contribution < -0.4 is 10.1 Å². The highest BCUT2D eigenvalue weighted by Gasteiger charge is 2.12. The first kappa shape index (κ1) is 16.3. The maximum atomic E-state index is 5.29. The first-order valence-electron chi connectivity index (χ1n) is 7.94. The molecule has 0 saturated carbocycles. The summed E-state index contributed by atoms with van der Waals surface area (Å²) in [5.74, 6) is 0.966. The lowest BCUT2D eigenvalue weighted by Gasteiger charge is -2.32. The number of hydrogen-bond donors (Lipinski definition) is 1. The molecule has 21 heavy (non-hydrogen) atoms. The van der Waals surface area contributed by atoms with E-state index in [-0.39, 0.29) is 0 Å². The zero-order chi connectivity index (χ0) is 15.1. The van der Waals surface area contributed by atoms with E-state index in [0.29, 0.717) is 0 Å². The normalized spacial score (nSPS) is 17.1. The van der Waals surface area contributed by atoms with E-state index in [1.54, 1.807) is 7.11 Å². The maximum absolute atomic E-state index is 5.29. The molecule has 0 amide bonds. The third-order valence-electron chi connectivity index (χ3n) is 4.21. The zero-order valence-corrected chi connectivity index (χ0v) is 13.7. The Bertz CT molecular complexity index is 428. The molecular formula is C17H29N3O. The van der Waals surface area contributed by atoms with Crippen molar-refractivity contribution < 1.29 is 4.74 Å². The minimum atomic E-state index is 0.938. The molecule has 0 aliphatic carbocycles. The summed E-state index contributed by atoms with van der Waals surface area (Å²) in [6.07, 6.45) is 1.22. The van der Waals surface area contributed by atoms with Crippen LogP contribution in [0.2, 0.25) is 0 Å². The van der Waals surface area contributed by atoms with Crippen LogP contribution in [-0.2, 0) is 6.54 Å². The predicted molar refractivity (Wildman–Crippen MR) is 88.0 cm³/mol. The summed E-state index contributed by atoms with van der Waals surface area (Å²) in [6, 6.07) is 6.39. The number of methoxy groups -OCH3 is 1. The molecule has 1 heterocycles. The molecular weight excluding hydrogens is 262 g/mol. The SMILES string of the molecule is COc1ccc(CNCCCN2CCN(C)CC2)cc1C. The largest absolute Gasteiger partial charge is 0.496 e. The van der Waals surface area contributed by atoms with E-state index in [2.05, 4.69) is 47.3 Å². The van der Waals surface area contributed by atoms with Gasteiger partial charge in [0.05, 0.1) is 7.11 Å². The molecule has 2 rings (SSSR count). The van der Waals surface area contributed by atoms with Gasteiger partial charge in [-0.2, -0.15) is 0 Å². The molecule has 0 radical (unpaired) electrons. The molecule has 1 fully saturated rings. The summed E-state index contributed by atoms with van der Waals surface area (Å²) in [4.78, 5) is 4.97. The fourth-order valence-electron chi connectivity index (χ4n) is 2.78. The lowest BCUT2D eigenvalue weighted by atomic mass is 10.1. The van der Waals surface area contributed by atoms with Crippen LogP contribution in [0.25, 0.3) is 0 Å². The van der Waals surface area contributed by atoms with Gasteiger partial charge in [0.1, 0.15) is 5.75 Å². The molecule has 4 nitrogen and oxygen atoms in total. The van der Waals surface area contributed by atoms with Gasteiger partial charge in [0.25, 0.3) is 0 Å². The monoisotopic (exact) mass is 291 g/mol. The van der Waals surface area contributed by atoms with Gasteiger partial charge in [-0.05, 0) is 50.7 Å². The second-order valence-electron chi connectivity index (χ2n) is 5.98. The maximum Gasteiger partial charge on any atom is 0.121 e. The Labute approximate surface area is 129 Å². The highest BCUT2D eigenvalue weighted by molar-refractivity contribution is 5.36. The Morgan fingerprint density at radius 2 is 1.95 bits per heavy atom. The second kappa shape index (κ2) is 8.37. The molecule has 1 aromatic rings. The molecule has 4 heteroatoms. The number of ether oxygens (including phenoxy) is 1. The minimum absolute atomic E-state index is 0.938. The fraction of sp³-hybridized carbons (Fsp3) is 0.647. The minimum Gasteiger partial charge on any atom is -0.496 e. The first-order chi connectivity index (χ1) is 10.2. The van der Waals surface area contributed by atoms with Crippen LogP contribution >= 0.6 is 0 Å². The topological polar surface area (TPSA) is 27.7 Å². The molecule has 1 N–H and O–H groups in total. The molecule has 1 saturated heterocycles. The van der Waals surface area contributed by atoms with Crippen molar-refractivity contribution >= 4 is 0 Å². The number of nitrogens with one attached hydrogen (secondary N) is 1. The number of benzene rings is 1. The van der Waals surface area contributed by atoms with E-state index < -0.39 is 0 Å². The molecule has 0 atom stereocenters. The Morgan fingerprint density at radius 1 is 1.19 bits per heavy atom. The number of hydrogen-bond acceptors (Lipinski definition) is 4. The van der Waals surface area contributed by atoms with E-state index in [9.17, 15) is 0 Å². The summed E-state index contributed by atoms with van der Waals surface area (Å²) in [5.41, 5.74) is 2.53. The number of aryl methyl sites for hydroxylation is 1. The van der Waals surface area contributed by atoms with Gasteiger partial charge in [-0.1, -0.05) is 12.1 Å². The van der Waals surface area contributed by atoms with Crippen molar-refractivity contribution in [3.8, 4) is 5.75 Å². The smallest absolute Gasteiger partial charge is 0.121 e. The van der Waals surface area contributed by atoms with Crippen molar-refractivity contribution in [2.75, 3.05) is 53.4 Å². The Morgan fingerprint density at radius 3 is 2.62 bits per heavy atom. The summed E-state index contributed by atoms with van der Waals surface area (Å²) in [6.45, 7) is 10.2. The molecule has 0 unspecified atom stereocenters. The fourth-order valence-corrected chi connectivity index (χ4v) is 2.78. The van der Waals surface area contributed by atoms with Crippen LogP contribution in [-0.4, -0.2) is 63.2 Å². The van der Waals surface area contributed by atoms with Gasteiger partial charge < -0.3 is 19.9 Å². The zero-order valence-electron chi connectivity index (χ0n) is 13.7. The van der Waals surface area contributed by atoms with E-state index >= 15 is 0 Å². The lowest BCUT2D eigenvalue weighted by Crippen LogP contribution is -2.45. The van der Waals surface area contributed by atoms with Gasteiger partial charge in [0, 0.05) is 32.7 Å². The van der Waals surface area contributed by atoms with Gasteiger partial charge in [-0.3, -0.25) is 0 Å². The molecule has 0 aromatic heterocycles. The average molecular weight is 291 g/mol. The third kappa shape index (κ3) is 5.30.